The second kappa shape index (κ2) is 5.92. The first-order valence-corrected chi connectivity index (χ1v) is 10.7. The summed E-state index contributed by atoms with van der Waals surface area (Å²) in [7, 11) is -2.10. The zero-order chi connectivity index (χ0) is 16.4. The number of fused-ring (bicyclic) bond motifs is 2. The number of carbonyl (C=O) groups excluding carboxylic acids is 1. The molecule has 1 atom stereocenters. The van der Waals surface area contributed by atoms with E-state index < -0.39 is 13.9 Å². The van der Waals surface area contributed by atoms with Gasteiger partial charge in [-0.15, -0.1) is 0 Å². The van der Waals surface area contributed by atoms with Crippen LogP contribution in [0.2, 0.25) is 18.1 Å². The molecule has 2 nitrogen and oxygen atoms in total. The van der Waals surface area contributed by atoms with Crippen molar-refractivity contribution >= 4 is 14.1 Å². The van der Waals surface area contributed by atoms with Gasteiger partial charge in [0, 0.05) is 12.0 Å². The third-order valence-corrected chi connectivity index (χ3v) is 9.16. The average molecular weight is 312 g/mol. The quantitative estimate of drug-likeness (QED) is 0.569. The molecule has 0 fully saturated rings. The Bertz CT molecular complexity index is 654. The van der Waals surface area contributed by atoms with E-state index in [1.54, 1.807) is 12.2 Å². The highest BCUT2D eigenvalue weighted by atomic mass is 28.4. The molecule has 0 heterocycles. The molecule has 0 amide bonds. The Balaban J connectivity index is 2.47. The number of rotatable bonds is 2. The number of Topliss-reactive ketones (excluding diaryl/α,β-unsaturated/α-hetero) is 1. The van der Waals surface area contributed by atoms with Gasteiger partial charge in [0.15, 0.2) is 13.9 Å². The monoisotopic (exact) mass is 312 g/mol. The van der Waals surface area contributed by atoms with Gasteiger partial charge in [0.1, 0.15) is 0 Å². The smallest absolute Gasteiger partial charge is 0.202 e. The Kier molecular flexibility index (Phi) is 4.52. The van der Waals surface area contributed by atoms with Gasteiger partial charge in [-0.3, -0.25) is 4.79 Å². The first kappa shape index (κ1) is 16.8. The van der Waals surface area contributed by atoms with Gasteiger partial charge in [-0.2, -0.15) is 0 Å². The number of hydrogen-bond donors (Lipinski definition) is 0. The van der Waals surface area contributed by atoms with Crippen LogP contribution in [0.4, 0.5) is 0 Å². The summed E-state index contributed by atoms with van der Waals surface area (Å²) >= 11 is 0. The summed E-state index contributed by atoms with van der Waals surface area (Å²) in [4.78, 5) is 13.0. The zero-order valence-electron chi connectivity index (χ0n) is 14.2. The summed E-state index contributed by atoms with van der Waals surface area (Å²) in [5, 5.41) is 0.0377. The standard InChI is InChI=1S/C19H24O2Si/c1-18(2,3)22(4,5)21-19-14-10-8-6-7-9-12-16(17(19)20)13-11-15-19/h6,8,13H,11-12,15H2,1-5H3/b8-6-. The molecule has 0 saturated carbocycles. The Labute approximate surface area is 135 Å². The lowest BCUT2D eigenvalue weighted by Crippen LogP contribution is -2.54. The SMILES string of the molecule is CC(C)(C)[Si](C)(C)OC12C#C/C=C\C#CCC(=CCC1)C2=O. The summed E-state index contributed by atoms with van der Waals surface area (Å²) in [6, 6.07) is 0. The van der Waals surface area contributed by atoms with E-state index in [0.29, 0.717) is 12.8 Å². The molecule has 0 aliphatic heterocycles. The summed E-state index contributed by atoms with van der Waals surface area (Å²) in [5.74, 6) is 12.0. The van der Waals surface area contributed by atoms with Crippen LogP contribution >= 0.6 is 0 Å². The Morgan fingerprint density at radius 2 is 1.91 bits per heavy atom. The van der Waals surface area contributed by atoms with Crippen LogP contribution in [0.15, 0.2) is 23.8 Å². The van der Waals surface area contributed by atoms with Crippen LogP contribution in [0.5, 0.6) is 0 Å². The van der Waals surface area contributed by atoms with E-state index in [1.807, 2.05) is 6.08 Å². The number of carbonyl (C=O) groups is 1. The van der Waals surface area contributed by atoms with Gasteiger partial charge in [0.05, 0.1) is 0 Å². The van der Waals surface area contributed by atoms with E-state index in [0.717, 1.165) is 12.0 Å². The maximum Gasteiger partial charge on any atom is 0.202 e. The fraction of sp³-hybridized carbons (Fsp3) is 0.526. The average Bonchev–Trinajstić information content (AvgIpc) is 2.39. The normalized spacial score (nSPS) is 26.0. The lowest BCUT2D eigenvalue weighted by Gasteiger charge is -2.43. The van der Waals surface area contributed by atoms with Crippen molar-refractivity contribution in [2.45, 2.75) is 63.8 Å². The van der Waals surface area contributed by atoms with Gasteiger partial charge in [-0.25, -0.2) is 0 Å². The Hall–Kier alpha value is -1.55. The minimum Gasteiger partial charge on any atom is -0.395 e. The van der Waals surface area contributed by atoms with Crippen LogP contribution in [0.3, 0.4) is 0 Å². The molecule has 0 N–H and O–H groups in total. The van der Waals surface area contributed by atoms with Gasteiger partial charge >= 0.3 is 0 Å². The molecule has 2 bridgehead atoms. The Morgan fingerprint density at radius 1 is 1.23 bits per heavy atom. The minimum atomic E-state index is -2.10. The molecule has 1 unspecified atom stereocenters. The molecule has 0 aromatic carbocycles. The molecule has 116 valence electrons. The first-order chi connectivity index (χ1) is 10.2. The third kappa shape index (κ3) is 3.27. The molecule has 0 saturated heterocycles. The topological polar surface area (TPSA) is 26.3 Å². The number of ketones is 1. The third-order valence-electron chi connectivity index (χ3n) is 4.69. The fourth-order valence-corrected chi connectivity index (χ4v) is 3.77. The van der Waals surface area contributed by atoms with Crippen molar-refractivity contribution < 1.29 is 9.22 Å². The van der Waals surface area contributed by atoms with Gasteiger partial charge < -0.3 is 4.43 Å². The first-order valence-electron chi connectivity index (χ1n) is 7.78. The van der Waals surface area contributed by atoms with Crippen molar-refractivity contribution in [2.75, 3.05) is 0 Å². The molecule has 3 heteroatoms. The minimum absolute atomic E-state index is 0.0145. The van der Waals surface area contributed by atoms with Gasteiger partial charge in [0.25, 0.3) is 0 Å². The van der Waals surface area contributed by atoms with E-state index >= 15 is 0 Å². The molecule has 22 heavy (non-hydrogen) atoms. The van der Waals surface area contributed by atoms with E-state index in [4.69, 9.17) is 4.43 Å². The van der Waals surface area contributed by atoms with Crippen molar-refractivity contribution in [2.24, 2.45) is 0 Å². The predicted molar refractivity (Wildman–Crippen MR) is 92.6 cm³/mol. The van der Waals surface area contributed by atoms with Crippen LogP contribution in [0, 0.1) is 23.7 Å². The summed E-state index contributed by atoms with van der Waals surface area (Å²) in [6.07, 6.45) is 7.37. The lowest BCUT2D eigenvalue weighted by molar-refractivity contribution is -0.128. The summed E-state index contributed by atoms with van der Waals surface area (Å²) in [6.45, 7) is 10.9. The molecule has 2 aliphatic rings. The van der Waals surface area contributed by atoms with Crippen LogP contribution in [-0.2, 0) is 9.22 Å². The highest BCUT2D eigenvalue weighted by molar-refractivity contribution is 6.74. The van der Waals surface area contributed by atoms with Crippen LogP contribution in [0.1, 0.15) is 40.0 Å². The van der Waals surface area contributed by atoms with Crippen LogP contribution in [-0.4, -0.2) is 19.7 Å². The van der Waals surface area contributed by atoms with E-state index in [2.05, 4.69) is 57.5 Å². The van der Waals surface area contributed by atoms with Crippen LogP contribution in [0.25, 0.3) is 0 Å². The number of allylic oxidation sites excluding steroid dienone is 3. The highest BCUT2D eigenvalue weighted by Gasteiger charge is 2.49. The largest absolute Gasteiger partial charge is 0.395 e. The van der Waals surface area contributed by atoms with E-state index in [9.17, 15) is 4.79 Å². The maximum atomic E-state index is 13.0. The van der Waals surface area contributed by atoms with Gasteiger partial charge in [-0.05, 0) is 43.1 Å². The van der Waals surface area contributed by atoms with E-state index in [1.165, 1.54) is 0 Å². The summed E-state index contributed by atoms with van der Waals surface area (Å²) < 4.78 is 6.54. The molecular formula is C19H24O2Si. The van der Waals surface area contributed by atoms with Gasteiger partial charge in [-0.1, -0.05) is 50.5 Å². The molecular weight excluding hydrogens is 288 g/mol. The van der Waals surface area contributed by atoms with Crippen molar-refractivity contribution in [3.8, 4) is 23.7 Å². The molecule has 0 spiro atoms. The fourth-order valence-electron chi connectivity index (χ4n) is 2.35. The van der Waals surface area contributed by atoms with Crippen molar-refractivity contribution in [1.82, 2.24) is 0 Å². The van der Waals surface area contributed by atoms with Gasteiger partial charge in [0.2, 0.25) is 5.78 Å². The zero-order valence-corrected chi connectivity index (χ0v) is 15.2. The second-order valence-electron chi connectivity index (χ2n) is 7.39. The predicted octanol–water partition coefficient (Wildman–Crippen LogP) is 4.00. The van der Waals surface area contributed by atoms with Crippen molar-refractivity contribution in [1.29, 1.82) is 0 Å². The molecule has 2 rings (SSSR count). The molecule has 0 radical (unpaired) electrons. The highest BCUT2D eigenvalue weighted by Crippen LogP contribution is 2.42. The van der Waals surface area contributed by atoms with Crippen molar-refractivity contribution in [3.05, 3.63) is 23.8 Å². The Morgan fingerprint density at radius 3 is 2.59 bits per heavy atom. The molecule has 0 aromatic heterocycles. The second-order valence-corrected chi connectivity index (χ2v) is 12.1. The summed E-state index contributed by atoms with van der Waals surface area (Å²) in [5.41, 5.74) is -0.238. The maximum absolute atomic E-state index is 13.0. The number of hydrogen-bond acceptors (Lipinski definition) is 2. The lowest BCUT2D eigenvalue weighted by atomic mass is 9.82. The molecule has 2 aliphatic carbocycles. The van der Waals surface area contributed by atoms with Crippen molar-refractivity contribution in [3.63, 3.8) is 0 Å². The van der Waals surface area contributed by atoms with E-state index in [-0.39, 0.29) is 10.8 Å². The molecule has 0 aromatic rings. The van der Waals surface area contributed by atoms with Crippen LogP contribution < -0.4 is 0 Å².